The van der Waals surface area contributed by atoms with Crippen molar-refractivity contribution in [1.82, 2.24) is 25.6 Å². The molecule has 0 saturated carbocycles. The zero-order valence-electron chi connectivity index (χ0n) is 13.7. The monoisotopic (exact) mass is 366 g/mol. The van der Waals surface area contributed by atoms with Gasteiger partial charge in [0.2, 0.25) is 5.82 Å². The summed E-state index contributed by atoms with van der Waals surface area (Å²) in [7, 11) is -3.49. The van der Waals surface area contributed by atoms with E-state index in [4.69, 9.17) is 5.73 Å². The minimum Gasteiger partial charge on any atom is -0.384 e. The van der Waals surface area contributed by atoms with Crippen LogP contribution in [-0.4, -0.2) is 40.3 Å². The first-order valence-corrected chi connectivity index (χ1v) is 9.56. The van der Waals surface area contributed by atoms with Crippen molar-refractivity contribution in [3.05, 3.63) is 48.5 Å². The number of aromatic amines is 1. The molecule has 0 radical (unpaired) electrons. The van der Waals surface area contributed by atoms with Gasteiger partial charge >= 0.3 is 0 Å². The number of aromatic nitrogens is 5. The third kappa shape index (κ3) is 2.78. The standard InChI is InChI=1S/C17H14N6O2S/c1-26(24,25)14-4-2-3-12(16(14)17-20-22-23-21-17)10-5-7-13-11(9-10)6-8-15(18)19-13/h2-9H,1H3,(H2,18,19)(H,20,21,22,23). The minimum atomic E-state index is -3.49. The summed E-state index contributed by atoms with van der Waals surface area (Å²) in [6.07, 6.45) is 1.16. The lowest BCUT2D eigenvalue weighted by Gasteiger charge is -2.12. The van der Waals surface area contributed by atoms with Gasteiger partial charge in [-0.15, -0.1) is 10.2 Å². The van der Waals surface area contributed by atoms with E-state index in [0.29, 0.717) is 16.9 Å². The van der Waals surface area contributed by atoms with Gasteiger partial charge in [-0.05, 0) is 46.7 Å². The van der Waals surface area contributed by atoms with E-state index in [2.05, 4.69) is 25.6 Å². The Hall–Kier alpha value is -3.33. The van der Waals surface area contributed by atoms with Gasteiger partial charge in [0.05, 0.1) is 10.4 Å². The highest BCUT2D eigenvalue weighted by Gasteiger charge is 2.22. The Bertz CT molecular complexity index is 1220. The molecule has 26 heavy (non-hydrogen) atoms. The zero-order chi connectivity index (χ0) is 18.3. The Kier molecular flexibility index (Phi) is 3.66. The summed E-state index contributed by atoms with van der Waals surface area (Å²) in [6.45, 7) is 0. The van der Waals surface area contributed by atoms with Crippen molar-refractivity contribution in [2.75, 3.05) is 12.0 Å². The summed E-state index contributed by atoms with van der Waals surface area (Å²) < 4.78 is 24.5. The van der Waals surface area contributed by atoms with E-state index in [-0.39, 0.29) is 10.7 Å². The lowest BCUT2D eigenvalue weighted by molar-refractivity contribution is 0.602. The van der Waals surface area contributed by atoms with Crippen LogP contribution in [0.2, 0.25) is 0 Å². The SMILES string of the molecule is CS(=O)(=O)c1cccc(-c2ccc3nc(N)ccc3c2)c1-c1nn[nH]n1. The molecular formula is C17H14N6O2S. The van der Waals surface area contributed by atoms with Gasteiger partial charge < -0.3 is 5.73 Å². The Balaban J connectivity index is 2.02. The maximum atomic E-state index is 12.3. The van der Waals surface area contributed by atoms with Crippen molar-refractivity contribution in [3.63, 3.8) is 0 Å². The Labute approximate surface area is 149 Å². The van der Waals surface area contributed by atoms with E-state index in [1.54, 1.807) is 12.1 Å². The Morgan fingerprint density at radius 3 is 2.65 bits per heavy atom. The van der Waals surface area contributed by atoms with E-state index in [0.717, 1.165) is 22.7 Å². The number of sulfone groups is 1. The van der Waals surface area contributed by atoms with E-state index in [1.165, 1.54) is 6.07 Å². The maximum Gasteiger partial charge on any atom is 0.206 e. The second kappa shape index (κ2) is 5.88. The van der Waals surface area contributed by atoms with Crippen LogP contribution in [0.5, 0.6) is 0 Å². The van der Waals surface area contributed by atoms with Crippen LogP contribution >= 0.6 is 0 Å². The summed E-state index contributed by atoms with van der Waals surface area (Å²) >= 11 is 0. The smallest absolute Gasteiger partial charge is 0.206 e. The highest BCUT2D eigenvalue weighted by Crippen LogP contribution is 2.36. The molecule has 0 unspecified atom stereocenters. The fourth-order valence-corrected chi connectivity index (χ4v) is 3.79. The average Bonchev–Trinajstić information content (AvgIpc) is 3.14. The molecular weight excluding hydrogens is 352 g/mol. The molecule has 0 aliphatic heterocycles. The number of nitrogens with one attached hydrogen (secondary N) is 1. The van der Waals surface area contributed by atoms with Crippen LogP contribution in [0.4, 0.5) is 5.82 Å². The Morgan fingerprint density at radius 1 is 1.08 bits per heavy atom. The zero-order valence-corrected chi connectivity index (χ0v) is 14.5. The molecule has 0 aliphatic rings. The van der Waals surface area contributed by atoms with E-state index >= 15 is 0 Å². The number of nitrogen functional groups attached to an aromatic ring is 1. The molecule has 2 aromatic heterocycles. The number of pyridine rings is 1. The third-order valence-electron chi connectivity index (χ3n) is 4.02. The fourth-order valence-electron chi connectivity index (χ4n) is 2.89. The summed E-state index contributed by atoms with van der Waals surface area (Å²) in [5, 5.41) is 14.8. The molecule has 0 spiro atoms. The summed E-state index contributed by atoms with van der Waals surface area (Å²) in [5.41, 5.74) is 8.39. The van der Waals surface area contributed by atoms with E-state index in [9.17, 15) is 8.42 Å². The first-order valence-electron chi connectivity index (χ1n) is 7.67. The van der Waals surface area contributed by atoms with Crippen LogP contribution < -0.4 is 5.73 Å². The van der Waals surface area contributed by atoms with Crippen molar-refractivity contribution < 1.29 is 8.42 Å². The lowest BCUT2D eigenvalue weighted by Crippen LogP contribution is -2.02. The third-order valence-corrected chi connectivity index (χ3v) is 5.16. The summed E-state index contributed by atoms with van der Waals surface area (Å²) in [5.74, 6) is 0.661. The molecule has 0 amide bonds. The fraction of sp³-hybridized carbons (Fsp3) is 0.0588. The molecule has 130 valence electrons. The highest BCUT2D eigenvalue weighted by atomic mass is 32.2. The first-order chi connectivity index (χ1) is 12.4. The number of tetrazole rings is 1. The maximum absolute atomic E-state index is 12.3. The molecule has 9 heteroatoms. The number of anilines is 1. The van der Waals surface area contributed by atoms with Crippen LogP contribution in [0, 0.1) is 0 Å². The topological polar surface area (TPSA) is 128 Å². The largest absolute Gasteiger partial charge is 0.384 e. The second-order valence-corrected chi connectivity index (χ2v) is 7.81. The number of hydrogen-bond acceptors (Lipinski definition) is 7. The highest BCUT2D eigenvalue weighted by molar-refractivity contribution is 7.90. The molecule has 3 N–H and O–H groups in total. The van der Waals surface area contributed by atoms with Gasteiger partial charge in [0.25, 0.3) is 0 Å². The number of rotatable bonds is 3. The molecule has 8 nitrogen and oxygen atoms in total. The molecule has 0 aliphatic carbocycles. The van der Waals surface area contributed by atoms with Crippen LogP contribution in [0.25, 0.3) is 33.4 Å². The van der Waals surface area contributed by atoms with Crippen LogP contribution in [-0.2, 0) is 9.84 Å². The van der Waals surface area contributed by atoms with Crippen LogP contribution in [0.15, 0.2) is 53.4 Å². The molecule has 4 rings (SSSR count). The van der Waals surface area contributed by atoms with Gasteiger partial charge in [-0.25, -0.2) is 13.4 Å². The van der Waals surface area contributed by atoms with Crippen molar-refractivity contribution in [3.8, 4) is 22.5 Å². The predicted molar refractivity (Wildman–Crippen MR) is 97.9 cm³/mol. The van der Waals surface area contributed by atoms with E-state index in [1.807, 2.05) is 30.3 Å². The van der Waals surface area contributed by atoms with Crippen LogP contribution in [0.3, 0.4) is 0 Å². The van der Waals surface area contributed by atoms with Gasteiger partial charge in [0, 0.05) is 17.2 Å². The molecule has 2 aromatic carbocycles. The lowest BCUT2D eigenvalue weighted by atomic mass is 9.97. The van der Waals surface area contributed by atoms with Gasteiger partial charge in [-0.3, -0.25) is 0 Å². The van der Waals surface area contributed by atoms with Crippen molar-refractivity contribution in [2.45, 2.75) is 4.90 Å². The van der Waals surface area contributed by atoms with Gasteiger partial charge in [0.15, 0.2) is 9.84 Å². The molecule has 0 fully saturated rings. The molecule has 0 atom stereocenters. The molecule has 4 aromatic rings. The van der Waals surface area contributed by atoms with Crippen molar-refractivity contribution in [2.24, 2.45) is 0 Å². The van der Waals surface area contributed by atoms with Crippen LogP contribution in [0.1, 0.15) is 0 Å². The van der Waals surface area contributed by atoms with Crippen molar-refractivity contribution >= 4 is 26.6 Å². The van der Waals surface area contributed by atoms with E-state index < -0.39 is 9.84 Å². The number of hydrogen-bond donors (Lipinski definition) is 2. The number of nitrogens with zero attached hydrogens (tertiary/aromatic N) is 4. The Morgan fingerprint density at radius 2 is 1.92 bits per heavy atom. The quantitative estimate of drug-likeness (QED) is 0.568. The minimum absolute atomic E-state index is 0.145. The number of fused-ring (bicyclic) bond motifs is 1. The number of nitrogens with two attached hydrogens (primary N) is 1. The number of benzene rings is 2. The average molecular weight is 366 g/mol. The van der Waals surface area contributed by atoms with Crippen molar-refractivity contribution in [1.29, 1.82) is 0 Å². The first kappa shape index (κ1) is 16.2. The van der Waals surface area contributed by atoms with Gasteiger partial charge in [-0.1, -0.05) is 18.2 Å². The summed E-state index contributed by atoms with van der Waals surface area (Å²) in [4.78, 5) is 4.43. The second-order valence-electron chi connectivity index (χ2n) is 5.83. The van der Waals surface area contributed by atoms with Gasteiger partial charge in [0.1, 0.15) is 5.82 Å². The summed E-state index contributed by atoms with van der Waals surface area (Å²) in [6, 6.07) is 14.3. The molecule has 0 saturated heterocycles. The normalized spacial score (nSPS) is 11.7. The molecule has 2 heterocycles. The molecule has 0 bridgehead atoms. The van der Waals surface area contributed by atoms with Gasteiger partial charge in [-0.2, -0.15) is 5.21 Å². The number of H-pyrrole nitrogens is 1. The predicted octanol–water partition coefficient (Wildman–Crippen LogP) is 2.07.